The van der Waals surface area contributed by atoms with Gasteiger partial charge >= 0.3 is 5.97 Å². The number of sulfonamides is 1. The highest BCUT2D eigenvalue weighted by Crippen LogP contribution is 2.11. The Kier molecular flexibility index (Phi) is 5.94. The first-order valence-electron chi connectivity index (χ1n) is 7.11. The highest BCUT2D eigenvalue weighted by molar-refractivity contribution is 7.88. The maximum atomic E-state index is 12.2. The molecule has 0 aromatic carbocycles. The number of amides is 1. The minimum Gasteiger partial charge on any atom is -0.460 e. The van der Waals surface area contributed by atoms with Gasteiger partial charge in [0.1, 0.15) is 5.60 Å². The predicted octanol–water partition coefficient (Wildman–Crippen LogP) is -0.851. The number of hydrogen-bond donors (Lipinski definition) is 1. The Bertz CT molecular complexity index is 518. The maximum Gasteiger partial charge on any atom is 0.308 e. The van der Waals surface area contributed by atoms with E-state index in [1.165, 1.54) is 9.21 Å². The van der Waals surface area contributed by atoms with Crippen molar-refractivity contribution in [3.63, 3.8) is 0 Å². The summed E-state index contributed by atoms with van der Waals surface area (Å²) >= 11 is 0. The van der Waals surface area contributed by atoms with E-state index in [-0.39, 0.29) is 38.5 Å². The van der Waals surface area contributed by atoms with Gasteiger partial charge in [-0.25, -0.2) is 8.42 Å². The number of carbonyl (C=O) groups excluding carboxylic acids is 2. The highest BCUT2D eigenvalue weighted by Gasteiger charge is 2.30. The molecule has 0 unspecified atom stereocenters. The molecule has 1 fully saturated rings. The largest absolute Gasteiger partial charge is 0.460 e. The van der Waals surface area contributed by atoms with Crippen LogP contribution < -0.4 is 5.73 Å². The molecule has 1 amide bonds. The normalized spacial score (nSPS) is 18.9. The van der Waals surface area contributed by atoms with Crippen molar-refractivity contribution in [1.29, 1.82) is 0 Å². The number of rotatable bonds is 4. The van der Waals surface area contributed by atoms with Crippen LogP contribution >= 0.6 is 0 Å². The molecule has 1 heterocycles. The van der Waals surface area contributed by atoms with Gasteiger partial charge in [-0.2, -0.15) is 4.31 Å². The molecule has 0 saturated carbocycles. The summed E-state index contributed by atoms with van der Waals surface area (Å²) in [5.74, 6) is -0.887. The summed E-state index contributed by atoms with van der Waals surface area (Å²) in [5, 5.41) is 0. The third-order valence-electron chi connectivity index (χ3n) is 3.14. The Labute approximate surface area is 131 Å². The summed E-state index contributed by atoms with van der Waals surface area (Å²) in [6, 6.07) is -0.973. The molecule has 1 saturated heterocycles. The van der Waals surface area contributed by atoms with E-state index in [1.807, 2.05) is 0 Å². The van der Waals surface area contributed by atoms with Crippen molar-refractivity contribution >= 4 is 21.9 Å². The lowest BCUT2D eigenvalue weighted by molar-refractivity contribution is -0.157. The van der Waals surface area contributed by atoms with Crippen molar-refractivity contribution in [2.45, 2.75) is 38.8 Å². The van der Waals surface area contributed by atoms with Crippen LogP contribution in [0.3, 0.4) is 0 Å². The molecule has 8 nitrogen and oxygen atoms in total. The molecule has 0 aromatic rings. The van der Waals surface area contributed by atoms with Gasteiger partial charge in [0.25, 0.3) is 0 Å². The number of nitrogens with two attached hydrogens (primary N) is 1. The number of piperazine rings is 1. The fraction of sp³-hybridized carbons (Fsp3) is 0.846. The summed E-state index contributed by atoms with van der Waals surface area (Å²) in [5.41, 5.74) is 5.14. The van der Waals surface area contributed by atoms with Gasteiger partial charge in [-0.1, -0.05) is 0 Å². The van der Waals surface area contributed by atoms with Crippen LogP contribution in [0.5, 0.6) is 0 Å². The average molecular weight is 335 g/mol. The molecule has 0 bridgehead atoms. The zero-order valence-corrected chi connectivity index (χ0v) is 14.4. The van der Waals surface area contributed by atoms with E-state index in [1.54, 1.807) is 20.8 Å². The molecule has 9 heteroatoms. The number of nitrogens with zero attached hydrogens (tertiary/aromatic N) is 2. The zero-order chi connectivity index (χ0) is 17.1. The van der Waals surface area contributed by atoms with Crippen molar-refractivity contribution in [3.05, 3.63) is 0 Å². The smallest absolute Gasteiger partial charge is 0.308 e. The van der Waals surface area contributed by atoms with Crippen LogP contribution in [-0.2, 0) is 24.3 Å². The van der Waals surface area contributed by atoms with Crippen molar-refractivity contribution in [1.82, 2.24) is 9.21 Å². The van der Waals surface area contributed by atoms with E-state index < -0.39 is 27.6 Å². The fourth-order valence-electron chi connectivity index (χ4n) is 2.12. The zero-order valence-electron chi connectivity index (χ0n) is 13.5. The first-order valence-corrected chi connectivity index (χ1v) is 8.96. The number of carbonyl (C=O) groups is 2. The molecule has 0 spiro atoms. The molecule has 0 aliphatic carbocycles. The minimum absolute atomic E-state index is 0.192. The molecule has 128 valence electrons. The average Bonchev–Trinajstić information content (AvgIpc) is 2.34. The number of esters is 1. The Balaban J connectivity index is 2.50. The van der Waals surface area contributed by atoms with Gasteiger partial charge in [0, 0.05) is 26.2 Å². The van der Waals surface area contributed by atoms with Crippen molar-refractivity contribution in [2.75, 3.05) is 32.4 Å². The molecule has 2 N–H and O–H groups in total. The molecule has 22 heavy (non-hydrogen) atoms. The Hall–Kier alpha value is -1.19. The summed E-state index contributed by atoms with van der Waals surface area (Å²) < 4.78 is 29.3. The van der Waals surface area contributed by atoms with Gasteiger partial charge in [0.05, 0.1) is 18.7 Å². The molecular weight excluding hydrogens is 310 g/mol. The molecule has 0 aromatic heterocycles. The lowest BCUT2D eigenvalue weighted by atomic mass is 10.1. The second-order valence-corrected chi connectivity index (χ2v) is 8.37. The summed E-state index contributed by atoms with van der Waals surface area (Å²) in [6.07, 6.45) is 0.946. The van der Waals surface area contributed by atoms with Crippen LogP contribution in [0.25, 0.3) is 0 Å². The fourth-order valence-corrected chi connectivity index (χ4v) is 2.95. The van der Waals surface area contributed by atoms with E-state index in [0.717, 1.165) is 6.26 Å². The van der Waals surface area contributed by atoms with Gasteiger partial charge in [0.15, 0.2) is 0 Å². The lowest BCUT2D eigenvalue weighted by Crippen LogP contribution is -2.54. The quantitative estimate of drug-likeness (QED) is 0.670. The Morgan fingerprint density at radius 1 is 1.18 bits per heavy atom. The van der Waals surface area contributed by atoms with Crippen molar-refractivity contribution < 1.29 is 22.7 Å². The van der Waals surface area contributed by atoms with Gasteiger partial charge in [-0.05, 0) is 20.8 Å². The number of ether oxygens (including phenoxy) is 1. The van der Waals surface area contributed by atoms with E-state index in [4.69, 9.17) is 10.5 Å². The summed E-state index contributed by atoms with van der Waals surface area (Å²) in [6.45, 7) is 6.24. The second-order valence-electron chi connectivity index (χ2n) is 6.38. The van der Waals surface area contributed by atoms with Gasteiger partial charge < -0.3 is 15.4 Å². The van der Waals surface area contributed by atoms with Crippen LogP contribution in [0.2, 0.25) is 0 Å². The first-order chi connectivity index (χ1) is 9.90. The Morgan fingerprint density at radius 2 is 1.68 bits per heavy atom. The maximum absolute atomic E-state index is 12.2. The third-order valence-corrected chi connectivity index (χ3v) is 4.45. The van der Waals surface area contributed by atoms with Crippen molar-refractivity contribution in [3.8, 4) is 0 Å². The molecule has 1 aliphatic rings. The number of hydrogen-bond acceptors (Lipinski definition) is 6. The monoisotopic (exact) mass is 335 g/mol. The summed E-state index contributed by atoms with van der Waals surface area (Å²) in [4.78, 5) is 25.3. The van der Waals surface area contributed by atoms with E-state index >= 15 is 0 Å². The van der Waals surface area contributed by atoms with Crippen LogP contribution in [0, 0.1) is 0 Å². The predicted molar refractivity (Wildman–Crippen MR) is 81.4 cm³/mol. The van der Waals surface area contributed by atoms with Crippen LogP contribution in [0.4, 0.5) is 0 Å². The Morgan fingerprint density at radius 3 is 2.09 bits per heavy atom. The minimum atomic E-state index is -3.24. The van der Waals surface area contributed by atoms with Gasteiger partial charge in [-0.15, -0.1) is 0 Å². The summed E-state index contributed by atoms with van der Waals surface area (Å²) in [7, 11) is -3.24. The van der Waals surface area contributed by atoms with Crippen LogP contribution in [0.1, 0.15) is 27.2 Å². The standard InChI is InChI=1S/C13H25N3O5S/c1-13(2,3)21-11(17)9-10(14)12(18)15-5-7-16(8-6-15)22(4,19)20/h10H,5-9,14H2,1-4H3/t10-/m0/s1. The van der Waals surface area contributed by atoms with E-state index in [2.05, 4.69) is 0 Å². The highest BCUT2D eigenvalue weighted by atomic mass is 32.2. The third kappa shape index (κ3) is 5.90. The van der Waals surface area contributed by atoms with Gasteiger partial charge in [0.2, 0.25) is 15.9 Å². The molecule has 1 atom stereocenters. The van der Waals surface area contributed by atoms with Gasteiger partial charge in [-0.3, -0.25) is 9.59 Å². The first kappa shape index (κ1) is 18.9. The SMILES string of the molecule is CC(C)(C)OC(=O)C[C@H](N)C(=O)N1CCN(S(C)(=O)=O)CC1. The van der Waals surface area contributed by atoms with E-state index in [9.17, 15) is 18.0 Å². The van der Waals surface area contributed by atoms with E-state index in [0.29, 0.717) is 0 Å². The topological polar surface area (TPSA) is 110 Å². The van der Waals surface area contributed by atoms with Crippen LogP contribution in [0.15, 0.2) is 0 Å². The molecule has 1 aliphatic heterocycles. The molecule has 0 radical (unpaired) electrons. The van der Waals surface area contributed by atoms with Crippen molar-refractivity contribution in [2.24, 2.45) is 5.73 Å². The molecule has 1 rings (SSSR count). The van der Waals surface area contributed by atoms with Crippen LogP contribution in [-0.4, -0.2) is 73.6 Å². The molecular formula is C13H25N3O5S. The second kappa shape index (κ2) is 6.93. The lowest BCUT2D eigenvalue weighted by Gasteiger charge is -2.34.